The number of hydrogen-bond acceptors (Lipinski definition) is 4. The zero-order chi connectivity index (χ0) is 15.5. The molecule has 0 atom stereocenters. The summed E-state index contributed by atoms with van der Waals surface area (Å²) in [6.45, 7) is 8.20. The second-order valence-corrected chi connectivity index (χ2v) is 7.94. The number of piperazine rings is 1. The predicted molar refractivity (Wildman–Crippen MR) is 85.5 cm³/mol. The Morgan fingerprint density at radius 1 is 1.10 bits per heavy atom. The SMILES string of the molecule is CC(C)CCN1CCN(S(=O)(=O)c2ccc(N)cc2)CC1. The molecule has 1 aliphatic heterocycles. The van der Waals surface area contributed by atoms with Crippen molar-refractivity contribution >= 4 is 15.7 Å². The highest BCUT2D eigenvalue weighted by Crippen LogP contribution is 2.19. The van der Waals surface area contributed by atoms with Gasteiger partial charge in [0, 0.05) is 31.9 Å². The summed E-state index contributed by atoms with van der Waals surface area (Å²) in [5.74, 6) is 0.682. The van der Waals surface area contributed by atoms with Crippen molar-refractivity contribution in [2.75, 3.05) is 38.5 Å². The van der Waals surface area contributed by atoms with Gasteiger partial charge in [-0.15, -0.1) is 0 Å². The van der Waals surface area contributed by atoms with E-state index in [1.165, 1.54) is 0 Å². The fourth-order valence-corrected chi connectivity index (χ4v) is 3.85. The number of nitrogens with two attached hydrogens (primary N) is 1. The number of anilines is 1. The molecule has 21 heavy (non-hydrogen) atoms. The zero-order valence-corrected chi connectivity index (χ0v) is 13.6. The third kappa shape index (κ3) is 4.18. The van der Waals surface area contributed by atoms with Crippen LogP contribution < -0.4 is 5.73 Å². The largest absolute Gasteiger partial charge is 0.399 e. The topological polar surface area (TPSA) is 66.6 Å². The smallest absolute Gasteiger partial charge is 0.243 e. The molecule has 0 aromatic heterocycles. The van der Waals surface area contributed by atoms with Gasteiger partial charge in [0.1, 0.15) is 0 Å². The molecule has 0 saturated carbocycles. The maximum atomic E-state index is 12.5. The number of nitrogens with zero attached hydrogens (tertiary/aromatic N) is 2. The van der Waals surface area contributed by atoms with Gasteiger partial charge in [-0.25, -0.2) is 8.42 Å². The van der Waals surface area contributed by atoms with Gasteiger partial charge in [-0.1, -0.05) is 13.8 Å². The van der Waals surface area contributed by atoms with Crippen LogP contribution in [0.2, 0.25) is 0 Å². The summed E-state index contributed by atoms with van der Waals surface area (Å²) in [5.41, 5.74) is 6.19. The van der Waals surface area contributed by atoms with E-state index in [0.717, 1.165) is 26.1 Å². The van der Waals surface area contributed by atoms with Crippen molar-refractivity contribution in [2.24, 2.45) is 5.92 Å². The molecule has 1 aromatic rings. The van der Waals surface area contributed by atoms with Crippen molar-refractivity contribution in [1.82, 2.24) is 9.21 Å². The Morgan fingerprint density at radius 2 is 1.67 bits per heavy atom. The normalized spacial score (nSPS) is 18.2. The predicted octanol–water partition coefficient (Wildman–Crippen LogP) is 1.62. The first-order valence-electron chi connectivity index (χ1n) is 7.47. The molecular weight excluding hydrogens is 286 g/mol. The number of sulfonamides is 1. The van der Waals surface area contributed by atoms with Crippen LogP contribution in [0.3, 0.4) is 0 Å². The highest BCUT2D eigenvalue weighted by molar-refractivity contribution is 7.89. The number of benzene rings is 1. The first-order valence-corrected chi connectivity index (χ1v) is 8.91. The van der Waals surface area contributed by atoms with Crippen LogP contribution in [0, 0.1) is 5.92 Å². The molecule has 0 unspecified atom stereocenters. The van der Waals surface area contributed by atoms with Crippen molar-refractivity contribution in [3.05, 3.63) is 24.3 Å². The highest BCUT2D eigenvalue weighted by Gasteiger charge is 2.28. The molecule has 0 bridgehead atoms. The average molecular weight is 311 g/mol. The maximum Gasteiger partial charge on any atom is 0.243 e. The molecular formula is C15H25N3O2S. The van der Waals surface area contributed by atoms with E-state index in [1.807, 2.05) is 0 Å². The quantitative estimate of drug-likeness (QED) is 0.839. The summed E-state index contributed by atoms with van der Waals surface area (Å²) in [6.07, 6.45) is 1.16. The molecule has 1 fully saturated rings. The van der Waals surface area contributed by atoms with Crippen molar-refractivity contribution < 1.29 is 8.42 Å². The molecule has 2 rings (SSSR count). The van der Waals surface area contributed by atoms with Gasteiger partial charge in [-0.05, 0) is 43.1 Å². The molecule has 0 spiro atoms. The minimum absolute atomic E-state index is 0.326. The van der Waals surface area contributed by atoms with Gasteiger partial charge in [0.25, 0.3) is 0 Å². The Bertz CT molecular complexity index is 547. The van der Waals surface area contributed by atoms with E-state index in [1.54, 1.807) is 28.6 Å². The molecule has 5 nitrogen and oxygen atoms in total. The lowest BCUT2D eigenvalue weighted by molar-refractivity contribution is 0.180. The van der Waals surface area contributed by atoms with E-state index in [2.05, 4.69) is 18.7 Å². The van der Waals surface area contributed by atoms with Gasteiger partial charge in [0.05, 0.1) is 4.90 Å². The van der Waals surface area contributed by atoms with Gasteiger partial charge >= 0.3 is 0 Å². The summed E-state index contributed by atoms with van der Waals surface area (Å²) >= 11 is 0. The Hall–Kier alpha value is -1.11. The minimum atomic E-state index is -3.38. The molecule has 1 saturated heterocycles. The van der Waals surface area contributed by atoms with E-state index in [4.69, 9.17) is 5.73 Å². The number of nitrogen functional groups attached to an aromatic ring is 1. The van der Waals surface area contributed by atoms with Gasteiger partial charge in [-0.2, -0.15) is 4.31 Å². The van der Waals surface area contributed by atoms with Crippen LogP contribution in [0.4, 0.5) is 5.69 Å². The minimum Gasteiger partial charge on any atom is -0.399 e. The third-order valence-electron chi connectivity index (χ3n) is 3.87. The van der Waals surface area contributed by atoms with Crippen molar-refractivity contribution in [3.63, 3.8) is 0 Å². The molecule has 0 aliphatic carbocycles. The van der Waals surface area contributed by atoms with Crippen LogP contribution in [-0.4, -0.2) is 50.3 Å². The van der Waals surface area contributed by atoms with Crippen LogP contribution in [-0.2, 0) is 10.0 Å². The Kier molecular flexibility index (Phi) is 5.24. The van der Waals surface area contributed by atoms with Crippen LogP contribution in [0.25, 0.3) is 0 Å². The van der Waals surface area contributed by atoms with E-state index in [9.17, 15) is 8.42 Å². The van der Waals surface area contributed by atoms with E-state index in [-0.39, 0.29) is 0 Å². The number of hydrogen-bond donors (Lipinski definition) is 1. The lowest BCUT2D eigenvalue weighted by Gasteiger charge is -2.34. The van der Waals surface area contributed by atoms with E-state index >= 15 is 0 Å². The third-order valence-corrected chi connectivity index (χ3v) is 5.78. The van der Waals surface area contributed by atoms with Gasteiger partial charge in [0.2, 0.25) is 10.0 Å². The van der Waals surface area contributed by atoms with Crippen LogP contribution >= 0.6 is 0 Å². The summed E-state index contributed by atoms with van der Waals surface area (Å²) < 4.78 is 26.6. The van der Waals surface area contributed by atoms with Gasteiger partial charge in [0.15, 0.2) is 0 Å². The zero-order valence-electron chi connectivity index (χ0n) is 12.8. The number of rotatable bonds is 5. The second-order valence-electron chi connectivity index (χ2n) is 6.00. The standard InChI is InChI=1S/C15H25N3O2S/c1-13(2)7-8-17-9-11-18(12-10-17)21(19,20)15-5-3-14(16)4-6-15/h3-6,13H,7-12,16H2,1-2H3. The van der Waals surface area contributed by atoms with Crippen molar-refractivity contribution in [2.45, 2.75) is 25.2 Å². The first kappa shape index (κ1) is 16.3. The average Bonchev–Trinajstić information content (AvgIpc) is 2.46. The molecule has 1 heterocycles. The fraction of sp³-hybridized carbons (Fsp3) is 0.600. The fourth-order valence-electron chi connectivity index (χ4n) is 2.42. The summed E-state index contributed by atoms with van der Waals surface area (Å²) in [7, 11) is -3.38. The van der Waals surface area contributed by atoms with Crippen LogP contribution in [0.1, 0.15) is 20.3 Å². The van der Waals surface area contributed by atoms with Crippen molar-refractivity contribution in [3.8, 4) is 0 Å². The first-order chi connectivity index (χ1) is 9.89. The van der Waals surface area contributed by atoms with Gasteiger partial charge in [-0.3, -0.25) is 0 Å². The molecule has 0 amide bonds. The maximum absolute atomic E-state index is 12.5. The molecule has 1 aliphatic rings. The lowest BCUT2D eigenvalue weighted by atomic mass is 10.1. The van der Waals surface area contributed by atoms with Crippen LogP contribution in [0.5, 0.6) is 0 Å². The Balaban J connectivity index is 1.96. The van der Waals surface area contributed by atoms with E-state index < -0.39 is 10.0 Å². The summed E-state index contributed by atoms with van der Waals surface area (Å²) in [4.78, 5) is 2.67. The monoisotopic (exact) mass is 311 g/mol. The Labute approximate surface area is 127 Å². The molecule has 2 N–H and O–H groups in total. The molecule has 118 valence electrons. The molecule has 6 heteroatoms. The van der Waals surface area contributed by atoms with Crippen molar-refractivity contribution in [1.29, 1.82) is 0 Å². The second kappa shape index (κ2) is 6.77. The van der Waals surface area contributed by atoms with Crippen LogP contribution in [0.15, 0.2) is 29.2 Å². The summed E-state index contributed by atoms with van der Waals surface area (Å²) in [5, 5.41) is 0. The highest BCUT2D eigenvalue weighted by atomic mass is 32.2. The van der Waals surface area contributed by atoms with E-state index in [0.29, 0.717) is 29.6 Å². The van der Waals surface area contributed by atoms with Gasteiger partial charge < -0.3 is 10.6 Å². The lowest BCUT2D eigenvalue weighted by Crippen LogP contribution is -2.48. The summed E-state index contributed by atoms with van der Waals surface area (Å²) in [6, 6.07) is 6.42. The molecule has 0 radical (unpaired) electrons. The Morgan fingerprint density at radius 3 is 2.19 bits per heavy atom. The molecule has 1 aromatic carbocycles.